The molecule has 2 aromatic carbocycles. The second-order valence-electron chi connectivity index (χ2n) is 5.90. The molecule has 0 saturated carbocycles. The molecule has 4 aromatic rings. The summed E-state index contributed by atoms with van der Waals surface area (Å²) in [5.74, 6) is -3.56. The van der Waals surface area contributed by atoms with E-state index in [0.717, 1.165) is 0 Å². The lowest BCUT2D eigenvalue weighted by atomic mass is 10.2. The number of amides is 1. The van der Waals surface area contributed by atoms with Gasteiger partial charge in [-0.2, -0.15) is 8.78 Å². The predicted octanol–water partition coefficient (Wildman–Crippen LogP) is 4.72. The molecule has 1 unspecified atom stereocenters. The summed E-state index contributed by atoms with van der Waals surface area (Å²) in [7, 11) is 0. The van der Waals surface area contributed by atoms with E-state index in [1.807, 2.05) is 0 Å². The molecule has 0 aliphatic rings. The van der Waals surface area contributed by atoms with Gasteiger partial charge in [0, 0.05) is 4.90 Å². The van der Waals surface area contributed by atoms with E-state index in [4.69, 9.17) is 4.42 Å². The van der Waals surface area contributed by atoms with Crippen LogP contribution < -0.4 is 11.1 Å². The molecule has 1 amide bonds. The van der Waals surface area contributed by atoms with Crippen molar-refractivity contribution in [3.05, 3.63) is 53.0 Å². The molecule has 2 aromatic heterocycles. The van der Waals surface area contributed by atoms with Crippen LogP contribution >= 0.6 is 23.1 Å². The van der Waals surface area contributed by atoms with E-state index in [9.17, 15) is 18.4 Å². The number of para-hydroxylation sites is 2. The summed E-state index contributed by atoms with van der Waals surface area (Å²) in [6.07, 6.45) is 0. The first-order valence-corrected chi connectivity index (χ1v) is 9.88. The van der Waals surface area contributed by atoms with Crippen LogP contribution in [-0.4, -0.2) is 21.2 Å². The van der Waals surface area contributed by atoms with Crippen LogP contribution in [0.15, 0.2) is 56.6 Å². The zero-order valence-electron chi connectivity index (χ0n) is 14.4. The number of oxazole rings is 1. The fourth-order valence-electron chi connectivity index (χ4n) is 2.81. The number of halogens is 2. The maximum Gasteiger partial charge on any atom is 0.420 e. The Balaban J connectivity index is 1.59. The van der Waals surface area contributed by atoms with Gasteiger partial charge >= 0.3 is 5.76 Å². The first-order valence-electron chi connectivity index (χ1n) is 8.19. The van der Waals surface area contributed by atoms with Crippen LogP contribution in [0.2, 0.25) is 0 Å². The molecular formula is C18H13F2N3O3S2. The Morgan fingerprint density at radius 1 is 1.29 bits per heavy atom. The maximum absolute atomic E-state index is 12.6. The SMILES string of the molecule is CC(C(=O)Nc1nc2ccc(SC(F)F)cc2s1)n1c(=O)oc2ccccc21. The lowest BCUT2D eigenvalue weighted by Crippen LogP contribution is -2.29. The third-order valence-electron chi connectivity index (χ3n) is 4.10. The van der Waals surface area contributed by atoms with Crippen LogP contribution in [0.3, 0.4) is 0 Å². The van der Waals surface area contributed by atoms with Crippen molar-refractivity contribution in [2.75, 3.05) is 5.32 Å². The van der Waals surface area contributed by atoms with Gasteiger partial charge in [-0.25, -0.2) is 9.78 Å². The molecule has 6 nitrogen and oxygen atoms in total. The highest BCUT2D eigenvalue weighted by molar-refractivity contribution is 7.99. The Morgan fingerprint density at radius 2 is 2.07 bits per heavy atom. The van der Waals surface area contributed by atoms with Gasteiger partial charge in [-0.3, -0.25) is 9.36 Å². The number of carbonyl (C=O) groups is 1. The monoisotopic (exact) mass is 421 g/mol. The largest absolute Gasteiger partial charge is 0.420 e. The number of thioether (sulfide) groups is 1. The van der Waals surface area contributed by atoms with Crippen molar-refractivity contribution in [3.8, 4) is 0 Å². The van der Waals surface area contributed by atoms with Crippen LogP contribution in [0.4, 0.5) is 13.9 Å². The second-order valence-corrected chi connectivity index (χ2v) is 7.99. The van der Waals surface area contributed by atoms with Gasteiger partial charge < -0.3 is 9.73 Å². The Labute approximate surface area is 165 Å². The average molecular weight is 421 g/mol. The van der Waals surface area contributed by atoms with Gasteiger partial charge in [-0.05, 0) is 37.3 Å². The predicted molar refractivity (Wildman–Crippen MR) is 105 cm³/mol. The molecule has 4 rings (SSSR count). The molecule has 0 spiro atoms. The lowest BCUT2D eigenvalue weighted by molar-refractivity contribution is -0.118. The number of alkyl halides is 2. The van der Waals surface area contributed by atoms with E-state index in [-0.39, 0.29) is 0 Å². The summed E-state index contributed by atoms with van der Waals surface area (Å²) in [5.41, 5.74) is 1.52. The zero-order valence-corrected chi connectivity index (χ0v) is 16.0. The Morgan fingerprint density at radius 3 is 2.86 bits per heavy atom. The third-order valence-corrected chi connectivity index (χ3v) is 5.74. The summed E-state index contributed by atoms with van der Waals surface area (Å²) in [5, 5.41) is 3.01. The van der Waals surface area contributed by atoms with Crippen LogP contribution in [-0.2, 0) is 4.79 Å². The van der Waals surface area contributed by atoms with Gasteiger partial charge in [0.1, 0.15) is 6.04 Å². The summed E-state index contributed by atoms with van der Waals surface area (Å²) >= 11 is 1.63. The van der Waals surface area contributed by atoms with Gasteiger partial charge in [0.15, 0.2) is 10.7 Å². The number of anilines is 1. The van der Waals surface area contributed by atoms with Gasteiger partial charge in [0.25, 0.3) is 5.76 Å². The lowest BCUT2D eigenvalue weighted by Gasteiger charge is -2.11. The number of fused-ring (bicyclic) bond motifs is 2. The second kappa shape index (κ2) is 7.36. The highest BCUT2D eigenvalue weighted by atomic mass is 32.2. The molecule has 1 N–H and O–H groups in total. The van der Waals surface area contributed by atoms with Crippen molar-refractivity contribution in [2.45, 2.75) is 23.6 Å². The van der Waals surface area contributed by atoms with Gasteiger partial charge in [-0.1, -0.05) is 35.2 Å². The maximum atomic E-state index is 12.6. The minimum atomic E-state index is -2.51. The number of aromatic nitrogens is 2. The van der Waals surface area contributed by atoms with E-state index in [1.54, 1.807) is 49.4 Å². The molecule has 1 atom stereocenters. The van der Waals surface area contributed by atoms with Crippen molar-refractivity contribution in [1.82, 2.24) is 9.55 Å². The van der Waals surface area contributed by atoms with E-state index in [0.29, 0.717) is 43.1 Å². The van der Waals surface area contributed by atoms with Crippen molar-refractivity contribution in [2.24, 2.45) is 0 Å². The molecule has 0 saturated heterocycles. The molecule has 0 bridgehead atoms. The summed E-state index contributed by atoms with van der Waals surface area (Å²) in [4.78, 5) is 29.5. The first-order chi connectivity index (χ1) is 13.4. The quantitative estimate of drug-likeness (QED) is 0.472. The molecular weight excluding hydrogens is 408 g/mol. The standard InChI is InChI=1S/C18H13F2N3O3S2/c1-9(23-12-4-2-3-5-13(12)26-18(23)25)15(24)22-17-21-11-7-6-10(27-16(19)20)8-14(11)28-17/h2-9,16H,1H3,(H,21,22,24). The number of hydrogen-bond acceptors (Lipinski definition) is 6. The van der Waals surface area contributed by atoms with Crippen molar-refractivity contribution < 1.29 is 18.0 Å². The van der Waals surface area contributed by atoms with E-state index >= 15 is 0 Å². The molecule has 10 heteroatoms. The number of nitrogens with one attached hydrogen (secondary N) is 1. The van der Waals surface area contributed by atoms with Crippen molar-refractivity contribution in [1.29, 1.82) is 0 Å². The van der Waals surface area contributed by atoms with Crippen LogP contribution in [0.5, 0.6) is 0 Å². The molecule has 0 fully saturated rings. The number of thiazole rings is 1. The Hall–Kier alpha value is -2.72. The molecule has 0 aliphatic heterocycles. The van der Waals surface area contributed by atoms with E-state index in [1.165, 1.54) is 15.9 Å². The molecule has 0 radical (unpaired) electrons. The zero-order chi connectivity index (χ0) is 19.8. The summed E-state index contributed by atoms with van der Waals surface area (Å²) in [6, 6.07) is 10.8. The number of hydrogen-bond donors (Lipinski definition) is 1. The number of carbonyl (C=O) groups excluding carboxylic acids is 1. The highest BCUT2D eigenvalue weighted by Crippen LogP contribution is 2.32. The Kier molecular flexibility index (Phi) is 4.90. The minimum Gasteiger partial charge on any atom is -0.408 e. The van der Waals surface area contributed by atoms with Crippen molar-refractivity contribution in [3.63, 3.8) is 0 Å². The Bertz CT molecular complexity index is 1230. The van der Waals surface area contributed by atoms with Gasteiger partial charge in [0.2, 0.25) is 5.91 Å². The van der Waals surface area contributed by atoms with Crippen LogP contribution in [0.1, 0.15) is 13.0 Å². The van der Waals surface area contributed by atoms with Gasteiger partial charge in [0.05, 0.1) is 15.7 Å². The number of nitrogens with zero attached hydrogens (tertiary/aromatic N) is 2. The highest BCUT2D eigenvalue weighted by Gasteiger charge is 2.22. The average Bonchev–Trinajstić information content (AvgIpc) is 3.19. The minimum absolute atomic E-state index is 0.326. The number of rotatable bonds is 5. The molecule has 2 heterocycles. The van der Waals surface area contributed by atoms with E-state index in [2.05, 4.69) is 10.3 Å². The number of benzene rings is 2. The fourth-order valence-corrected chi connectivity index (χ4v) is 4.33. The topological polar surface area (TPSA) is 77.1 Å². The van der Waals surface area contributed by atoms with Crippen LogP contribution in [0, 0.1) is 0 Å². The fraction of sp³-hybridized carbons (Fsp3) is 0.167. The molecule has 28 heavy (non-hydrogen) atoms. The van der Waals surface area contributed by atoms with Gasteiger partial charge in [-0.15, -0.1) is 0 Å². The smallest absolute Gasteiger partial charge is 0.408 e. The molecule has 0 aliphatic carbocycles. The van der Waals surface area contributed by atoms with Crippen molar-refractivity contribution >= 4 is 55.5 Å². The normalized spacial score (nSPS) is 12.7. The third kappa shape index (κ3) is 3.52. The first kappa shape index (κ1) is 18.6. The van der Waals surface area contributed by atoms with E-state index < -0.39 is 23.5 Å². The summed E-state index contributed by atoms with van der Waals surface area (Å²) in [6.45, 7) is 1.59. The summed E-state index contributed by atoms with van der Waals surface area (Å²) < 4.78 is 32.2. The molecule has 144 valence electrons. The van der Waals surface area contributed by atoms with Crippen LogP contribution in [0.25, 0.3) is 21.3 Å².